The van der Waals surface area contributed by atoms with Crippen molar-refractivity contribution >= 4 is 34.7 Å². The molecular weight excluding hydrogens is 420 g/mol. The molecule has 5 rings (SSSR count). The molecule has 1 unspecified atom stereocenters. The summed E-state index contributed by atoms with van der Waals surface area (Å²) in [6, 6.07) is 14.7. The summed E-state index contributed by atoms with van der Waals surface area (Å²) in [5, 5.41) is 2.45. The highest BCUT2D eigenvalue weighted by molar-refractivity contribution is 7.80. The molecular formula is C25H28N4O2S. The van der Waals surface area contributed by atoms with E-state index in [2.05, 4.69) is 64.5 Å². The van der Waals surface area contributed by atoms with Crippen molar-refractivity contribution in [2.45, 2.75) is 38.9 Å². The number of hydrogen-bond acceptors (Lipinski definition) is 5. The number of anilines is 1. The molecule has 3 heterocycles. The second-order valence-electron chi connectivity index (χ2n) is 8.94. The standard InChI is InChI=1S/C25H28N4O2S/c1-17-4-2-3-5-21(17)28-12-10-27(11-13-28)15-18-6-7-20-19(14-18)16-29(25(20)32)22-8-9-23(30)26-24(22)31/h2-7,14,22H,8-13,15-16H2,1H3,(H,26,30,31). The average Bonchev–Trinajstić information content (AvgIpc) is 3.10. The summed E-state index contributed by atoms with van der Waals surface area (Å²) < 4.78 is 0. The van der Waals surface area contributed by atoms with Crippen LogP contribution < -0.4 is 10.2 Å². The molecule has 2 saturated heterocycles. The molecule has 0 bridgehead atoms. The number of carbonyl (C=O) groups excluding carboxylic acids is 2. The Bertz CT molecular complexity index is 1080. The average molecular weight is 449 g/mol. The van der Waals surface area contributed by atoms with Gasteiger partial charge in [0.1, 0.15) is 11.0 Å². The molecule has 2 aromatic rings. The minimum atomic E-state index is -0.356. The van der Waals surface area contributed by atoms with Gasteiger partial charge in [-0.1, -0.05) is 48.6 Å². The Hall–Kier alpha value is -2.77. The van der Waals surface area contributed by atoms with Crippen LogP contribution in [0.25, 0.3) is 0 Å². The van der Waals surface area contributed by atoms with Crippen molar-refractivity contribution in [3.05, 3.63) is 64.7 Å². The third-order valence-electron chi connectivity index (χ3n) is 6.82. The number of hydrogen-bond donors (Lipinski definition) is 1. The highest BCUT2D eigenvalue weighted by Crippen LogP contribution is 2.29. The van der Waals surface area contributed by atoms with Crippen LogP contribution in [0.3, 0.4) is 0 Å². The predicted octanol–water partition coefficient (Wildman–Crippen LogP) is 2.61. The molecule has 32 heavy (non-hydrogen) atoms. The summed E-state index contributed by atoms with van der Waals surface area (Å²) in [6.45, 7) is 7.86. The number of aryl methyl sites for hydroxylation is 1. The lowest BCUT2D eigenvalue weighted by molar-refractivity contribution is -0.136. The third-order valence-corrected chi connectivity index (χ3v) is 7.28. The minimum Gasteiger partial charge on any atom is -0.369 e. The Kier molecular flexibility index (Phi) is 5.69. The van der Waals surface area contributed by atoms with Crippen LogP contribution in [0, 0.1) is 6.92 Å². The number of piperazine rings is 1. The van der Waals surface area contributed by atoms with E-state index in [1.165, 1.54) is 22.4 Å². The minimum absolute atomic E-state index is 0.196. The molecule has 2 fully saturated rings. The second-order valence-corrected chi connectivity index (χ2v) is 9.33. The smallest absolute Gasteiger partial charge is 0.249 e. The van der Waals surface area contributed by atoms with E-state index in [4.69, 9.17) is 12.2 Å². The van der Waals surface area contributed by atoms with E-state index in [-0.39, 0.29) is 17.9 Å². The van der Waals surface area contributed by atoms with Crippen molar-refractivity contribution in [2.24, 2.45) is 0 Å². The van der Waals surface area contributed by atoms with Crippen LogP contribution in [0.1, 0.15) is 35.1 Å². The first-order valence-electron chi connectivity index (χ1n) is 11.3. The molecule has 3 aliphatic heterocycles. The topological polar surface area (TPSA) is 55.9 Å². The summed E-state index contributed by atoms with van der Waals surface area (Å²) in [7, 11) is 0. The fourth-order valence-corrected chi connectivity index (χ4v) is 5.44. The van der Waals surface area contributed by atoms with E-state index >= 15 is 0 Å². The SMILES string of the molecule is Cc1ccccc1N1CCN(Cc2ccc3c(c2)CN(C2CCC(=O)NC2=O)C3=S)CC1. The van der Waals surface area contributed by atoms with Crippen LogP contribution in [-0.2, 0) is 22.7 Å². The van der Waals surface area contributed by atoms with Crippen molar-refractivity contribution in [3.8, 4) is 0 Å². The molecule has 0 spiro atoms. The molecule has 0 saturated carbocycles. The normalized spacial score (nSPS) is 21.7. The Morgan fingerprint density at radius 1 is 1.06 bits per heavy atom. The van der Waals surface area contributed by atoms with E-state index in [0.29, 0.717) is 24.4 Å². The van der Waals surface area contributed by atoms with Gasteiger partial charge in [0, 0.05) is 56.9 Å². The summed E-state index contributed by atoms with van der Waals surface area (Å²) in [6.07, 6.45) is 0.891. The quantitative estimate of drug-likeness (QED) is 0.573. The van der Waals surface area contributed by atoms with Crippen LogP contribution in [-0.4, -0.2) is 58.8 Å². The molecule has 6 nitrogen and oxygen atoms in total. The lowest BCUT2D eigenvalue weighted by atomic mass is 10.0. The predicted molar refractivity (Wildman–Crippen MR) is 129 cm³/mol. The number of thiocarbonyl (C=S) groups is 1. The van der Waals surface area contributed by atoms with Gasteiger partial charge >= 0.3 is 0 Å². The van der Waals surface area contributed by atoms with Crippen LogP contribution in [0.2, 0.25) is 0 Å². The Morgan fingerprint density at radius 2 is 1.84 bits per heavy atom. The summed E-state index contributed by atoms with van der Waals surface area (Å²) in [5.41, 5.74) is 6.16. The molecule has 0 aromatic heterocycles. The second kappa shape index (κ2) is 8.64. The summed E-state index contributed by atoms with van der Waals surface area (Å²) in [4.78, 5) is 31.5. The number of para-hydroxylation sites is 1. The number of rotatable bonds is 4. The molecule has 166 valence electrons. The van der Waals surface area contributed by atoms with E-state index in [1.54, 1.807) is 0 Å². The van der Waals surface area contributed by atoms with Gasteiger partial charge in [-0.3, -0.25) is 19.8 Å². The monoisotopic (exact) mass is 448 g/mol. The van der Waals surface area contributed by atoms with Gasteiger partial charge in [-0.25, -0.2) is 0 Å². The molecule has 2 aromatic carbocycles. The van der Waals surface area contributed by atoms with E-state index in [0.717, 1.165) is 38.3 Å². The van der Waals surface area contributed by atoms with Gasteiger partial charge in [-0.15, -0.1) is 0 Å². The molecule has 0 aliphatic carbocycles. The lowest BCUT2D eigenvalue weighted by Crippen LogP contribution is -2.52. The largest absolute Gasteiger partial charge is 0.369 e. The van der Waals surface area contributed by atoms with Gasteiger partial charge in [-0.05, 0) is 36.1 Å². The number of amides is 2. The number of benzene rings is 2. The summed E-state index contributed by atoms with van der Waals surface area (Å²) >= 11 is 5.68. The van der Waals surface area contributed by atoms with Crippen molar-refractivity contribution in [1.29, 1.82) is 0 Å². The van der Waals surface area contributed by atoms with Gasteiger partial charge in [-0.2, -0.15) is 0 Å². The molecule has 3 aliphatic rings. The number of fused-ring (bicyclic) bond motifs is 1. The highest BCUT2D eigenvalue weighted by atomic mass is 32.1. The van der Waals surface area contributed by atoms with E-state index < -0.39 is 0 Å². The fraction of sp³-hybridized carbons (Fsp3) is 0.400. The highest BCUT2D eigenvalue weighted by Gasteiger charge is 2.37. The van der Waals surface area contributed by atoms with Crippen molar-refractivity contribution in [2.75, 3.05) is 31.1 Å². The maximum Gasteiger partial charge on any atom is 0.249 e. The Morgan fingerprint density at radius 3 is 2.59 bits per heavy atom. The number of imide groups is 1. The number of piperidine rings is 1. The fourth-order valence-electron chi connectivity index (χ4n) is 5.05. The molecule has 7 heteroatoms. The number of nitrogens with one attached hydrogen (secondary N) is 1. The number of carbonyl (C=O) groups is 2. The van der Waals surface area contributed by atoms with Gasteiger partial charge in [0.15, 0.2) is 0 Å². The van der Waals surface area contributed by atoms with Crippen LogP contribution in [0.5, 0.6) is 0 Å². The Labute approximate surface area is 194 Å². The maximum atomic E-state index is 12.3. The zero-order valence-corrected chi connectivity index (χ0v) is 19.2. The zero-order chi connectivity index (χ0) is 22.2. The number of nitrogens with zero attached hydrogens (tertiary/aromatic N) is 3. The molecule has 2 amide bonds. The van der Waals surface area contributed by atoms with Crippen molar-refractivity contribution < 1.29 is 9.59 Å². The molecule has 1 atom stereocenters. The van der Waals surface area contributed by atoms with Crippen molar-refractivity contribution in [3.63, 3.8) is 0 Å². The first kappa shape index (κ1) is 21.1. The third kappa shape index (κ3) is 4.02. The van der Waals surface area contributed by atoms with Crippen LogP contribution >= 0.6 is 12.2 Å². The van der Waals surface area contributed by atoms with Gasteiger partial charge in [0.05, 0.1) is 0 Å². The van der Waals surface area contributed by atoms with E-state index in [9.17, 15) is 9.59 Å². The van der Waals surface area contributed by atoms with Crippen molar-refractivity contribution in [1.82, 2.24) is 15.1 Å². The van der Waals surface area contributed by atoms with Gasteiger partial charge in [0.25, 0.3) is 0 Å². The van der Waals surface area contributed by atoms with E-state index in [1.807, 2.05) is 4.90 Å². The van der Waals surface area contributed by atoms with Crippen LogP contribution in [0.4, 0.5) is 5.69 Å². The Balaban J connectivity index is 1.22. The molecule has 1 N–H and O–H groups in total. The maximum absolute atomic E-state index is 12.3. The zero-order valence-electron chi connectivity index (χ0n) is 18.3. The summed E-state index contributed by atoms with van der Waals surface area (Å²) in [5.74, 6) is -0.429. The van der Waals surface area contributed by atoms with Gasteiger partial charge in [0.2, 0.25) is 11.8 Å². The van der Waals surface area contributed by atoms with Crippen LogP contribution in [0.15, 0.2) is 42.5 Å². The lowest BCUT2D eigenvalue weighted by Gasteiger charge is -2.36. The first-order chi connectivity index (χ1) is 15.5. The van der Waals surface area contributed by atoms with Gasteiger partial charge < -0.3 is 9.80 Å². The molecule has 0 radical (unpaired) electrons. The first-order valence-corrected chi connectivity index (χ1v) is 11.7.